The Hall–Kier alpha value is -2.36. The van der Waals surface area contributed by atoms with Gasteiger partial charge in [-0.2, -0.15) is 0 Å². The van der Waals surface area contributed by atoms with Gasteiger partial charge in [0.25, 0.3) is 0 Å². The van der Waals surface area contributed by atoms with Crippen molar-refractivity contribution in [1.82, 2.24) is 4.90 Å². The van der Waals surface area contributed by atoms with Gasteiger partial charge >= 0.3 is 0 Å². The number of carbonyl (C=O) groups excluding carboxylic acids is 2. The Morgan fingerprint density at radius 2 is 1.52 bits per heavy atom. The number of Topliss-reactive ketones (excluding diaryl/α,β-unsaturated/α-hetero) is 1. The Morgan fingerprint density at radius 3 is 2.17 bits per heavy atom. The zero-order valence-electron chi connectivity index (χ0n) is 13.9. The van der Waals surface area contributed by atoms with Gasteiger partial charge in [-0.1, -0.05) is 12.1 Å². The summed E-state index contributed by atoms with van der Waals surface area (Å²) in [4.78, 5) is 28.8. The number of benzene rings is 1. The lowest BCUT2D eigenvalue weighted by Gasteiger charge is -2.38. The molecule has 0 unspecified atom stereocenters. The molecule has 0 aromatic heterocycles. The molecule has 2 aliphatic rings. The van der Waals surface area contributed by atoms with E-state index in [0.29, 0.717) is 16.8 Å². The molecule has 1 aromatic carbocycles. The first kappa shape index (κ1) is 15.5. The normalized spacial score (nSPS) is 19.3. The van der Waals surface area contributed by atoms with Crippen molar-refractivity contribution in [3.8, 4) is 0 Å². The molecule has 0 radical (unpaired) electrons. The average molecular weight is 310 g/mol. The third kappa shape index (κ3) is 2.93. The molecule has 1 aliphatic carbocycles. The topological polar surface area (TPSA) is 40.6 Å². The highest BCUT2D eigenvalue weighted by atomic mass is 16.1. The predicted octanol–water partition coefficient (Wildman–Crippen LogP) is 2.49. The highest BCUT2D eigenvalue weighted by Gasteiger charge is 2.29. The van der Waals surface area contributed by atoms with Crippen LogP contribution in [0.3, 0.4) is 0 Å². The van der Waals surface area contributed by atoms with Crippen molar-refractivity contribution in [2.45, 2.75) is 20.8 Å². The number of aryl methyl sites for hydroxylation is 1. The van der Waals surface area contributed by atoms with E-state index in [1.165, 1.54) is 17.3 Å². The van der Waals surface area contributed by atoms with Crippen LogP contribution in [-0.4, -0.2) is 42.6 Å². The minimum absolute atomic E-state index is 0.00824. The molecule has 0 N–H and O–H groups in total. The van der Waals surface area contributed by atoms with Crippen molar-refractivity contribution in [2.75, 3.05) is 31.1 Å². The van der Waals surface area contributed by atoms with Crippen LogP contribution in [0, 0.1) is 6.92 Å². The SMILES string of the molecule is CC1=C(C)C(=O)C(N2CCN(c3cccc(C)c3)CC2)=CC1=O. The molecule has 1 aliphatic heterocycles. The monoisotopic (exact) mass is 310 g/mol. The highest BCUT2D eigenvalue weighted by molar-refractivity contribution is 6.22. The predicted molar refractivity (Wildman–Crippen MR) is 91.4 cm³/mol. The Kier molecular flexibility index (Phi) is 4.07. The fourth-order valence-electron chi connectivity index (χ4n) is 3.11. The third-order valence-corrected chi connectivity index (χ3v) is 4.76. The number of hydrogen-bond acceptors (Lipinski definition) is 4. The zero-order chi connectivity index (χ0) is 16.6. The Balaban J connectivity index is 1.71. The minimum atomic E-state index is -0.0433. The summed E-state index contributed by atoms with van der Waals surface area (Å²) >= 11 is 0. The number of allylic oxidation sites excluding steroid dienone is 3. The molecule has 4 nitrogen and oxygen atoms in total. The summed E-state index contributed by atoms with van der Waals surface area (Å²) in [5.41, 5.74) is 4.17. The number of rotatable bonds is 2. The fourth-order valence-corrected chi connectivity index (χ4v) is 3.11. The summed E-state index contributed by atoms with van der Waals surface area (Å²) < 4.78 is 0. The van der Waals surface area contributed by atoms with Crippen LogP contribution in [-0.2, 0) is 9.59 Å². The van der Waals surface area contributed by atoms with Crippen LogP contribution in [0.4, 0.5) is 5.69 Å². The van der Waals surface area contributed by atoms with Crippen molar-refractivity contribution in [2.24, 2.45) is 0 Å². The number of carbonyl (C=O) groups is 2. The molecule has 4 heteroatoms. The van der Waals surface area contributed by atoms with Crippen molar-refractivity contribution >= 4 is 17.3 Å². The average Bonchev–Trinajstić information content (AvgIpc) is 2.56. The second-order valence-corrected chi connectivity index (χ2v) is 6.29. The quantitative estimate of drug-likeness (QED) is 0.787. The lowest BCUT2D eigenvalue weighted by molar-refractivity contribution is -0.117. The molecule has 0 saturated carbocycles. The number of hydrogen-bond donors (Lipinski definition) is 0. The minimum Gasteiger partial charge on any atom is -0.368 e. The Labute approximate surface area is 137 Å². The molecule has 0 amide bonds. The van der Waals surface area contributed by atoms with E-state index < -0.39 is 0 Å². The van der Waals surface area contributed by atoms with Gasteiger partial charge in [0.2, 0.25) is 5.78 Å². The molecule has 120 valence electrons. The number of nitrogens with zero attached hydrogens (tertiary/aromatic N) is 2. The van der Waals surface area contributed by atoms with Gasteiger partial charge in [0.1, 0.15) is 0 Å². The number of anilines is 1. The lowest BCUT2D eigenvalue weighted by Crippen LogP contribution is -2.47. The molecule has 1 saturated heterocycles. The largest absolute Gasteiger partial charge is 0.368 e. The van der Waals surface area contributed by atoms with Crippen LogP contribution >= 0.6 is 0 Å². The van der Waals surface area contributed by atoms with Gasteiger partial charge in [0.15, 0.2) is 5.78 Å². The second kappa shape index (κ2) is 6.03. The molecule has 3 rings (SSSR count). The van der Waals surface area contributed by atoms with Crippen LogP contribution in [0.2, 0.25) is 0 Å². The van der Waals surface area contributed by atoms with Crippen LogP contribution in [0.1, 0.15) is 19.4 Å². The summed E-state index contributed by atoms with van der Waals surface area (Å²) in [7, 11) is 0. The van der Waals surface area contributed by atoms with Crippen LogP contribution in [0.15, 0.2) is 47.2 Å². The first-order valence-corrected chi connectivity index (χ1v) is 8.02. The number of ketones is 2. The summed E-state index contributed by atoms with van der Waals surface area (Å²) in [5, 5.41) is 0. The van der Waals surface area contributed by atoms with Gasteiger partial charge in [0, 0.05) is 49.1 Å². The second-order valence-electron chi connectivity index (χ2n) is 6.29. The molecule has 0 bridgehead atoms. The van der Waals surface area contributed by atoms with Gasteiger partial charge in [-0.25, -0.2) is 0 Å². The van der Waals surface area contributed by atoms with E-state index in [1.807, 2.05) is 4.90 Å². The van der Waals surface area contributed by atoms with E-state index in [-0.39, 0.29) is 11.6 Å². The smallest absolute Gasteiger partial charge is 0.205 e. The fraction of sp³-hybridized carbons (Fsp3) is 0.368. The number of piperazine rings is 1. The molecule has 23 heavy (non-hydrogen) atoms. The van der Waals surface area contributed by atoms with E-state index in [9.17, 15) is 9.59 Å². The Morgan fingerprint density at radius 1 is 0.870 bits per heavy atom. The van der Waals surface area contributed by atoms with Crippen molar-refractivity contribution in [1.29, 1.82) is 0 Å². The highest BCUT2D eigenvalue weighted by Crippen LogP contribution is 2.24. The maximum Gasteiger partial charge on any atom is 0.205 e. The molecule has 0 atom stereocenters. The van der Waals surface area contributed by atoms with Crippen LogP contribution in [0.5, 0.6) is 0 Å². The first-order valence-electron chi connectivity index (χ1n) is 8.02. The molecular formula is C19H22N2O2. The van der Waals surface area contributed by atoms with Gasteiger partial charge in [-0.05, 0) is 38.5 Å². The van der Waals surface area contributed by atoms with Gasteiger partial charge in [0.05, 0.1) is 5.70 Å². The first-order chi connectivity index (χ1) is 11.0. The van der Waals surface area contributed by atoms with E-state index in [4.69, 9.17) is 0 Å². The molecule has 1 heterocycles. The maximum absolute atomic E-state index is 12.4. The third-order valence-electron chi connectivity index (χ3n) is 4.76. The summed E-state index contributed by atoms with van der Waals surface area (Å²) in [5.74, 6) is -0.0516. The van der Waals surface area contributed by atoms with Crippen molar-refractivity contribution < 1.29 is 9.59 Å². The van der Waals surface area contributed by atoms with E-state index in [2.05, 4.69) is 36.1 Å². The van der Waals surface area contributed by atoms with Gasteiger partial charge < -0.3 is 9.80 Å². The van der Waals surface area contributed by atoms with Crippen molar-refractivity contribution in [3.05, 3.63) is 52.7 Å². The van der Waals surface area contributed by atoms with Gasteiger partial charge in [-0.3, -0.25) is 9.59 Å². The molecular weight excluding hydrogens is 288 g/mol. The standard InChI is InChI=1S/C19H22N2O2/c1-13-5-4-6-16(11-13)20-7-9-21(10-8-20)17-12-18(22)14(2)15(3)19(17)23/h4-6,11-12H,7-10H2,1-3H3. The van der Waals surface area contributed by atoms with Crippen LogP contribution < -0.4 is 4.90 Å². The molecule has 0 spiro atoms. The lowest BCUT2D eigenvalue weighted by atomic mass is 9.94. The Bertz CT molecular complexity index is 723. The zero-order valence-corrected chi connectivity index (χ0v) is 13.9. The summed E-state index contributed by atoms with van der Waals surface area (Å²) in [6.07, 6.45) is 1.51. The maximum atomic E-state index is 12.4. The van der Waals surface area contributed by atoms with E-state index >= 15 is 0 Å². The summed E-state index contributed by atoms with van der Waals surface area (Å²) in [6.45, 7) is 8.77. The van der Waals surface area contributed by atoms with Crippen molar-refractivity contribution in [3.63, 3.8) is 0 Å². The summed E-state index contributed by atoms with van der Waals surface area (Å²) in [6, 6.07) is 8.46. The molecule has 1 fully saturated rings. The molecule has 1 aromatic rings. The van der Waals surface area contributed by atoms with Gasteiger partial charge in [-0.15, -0.1) is 0 Å². The van der Waals surface area contributed by atoms with Crippen LogP contribution in [0.25, 0.3) is 0 Å². The van der Waals surface area contributed by atoms with E-state index in [1.54, 1.807) is 13.8 Å². The van der Waals surface area contributed by atoms with E-state index in [0.717, 1.165) is 26.2 Å².